The fourth-order valence-corrected chi connectivity index (χ4v) is 4.05. The van der Waals surface area contributed by atoms with Gasteiger partial charge in [0.15, 0.2) is 0 Å². The van der Waals surface area contributed by atoms with Crippen molar-refractivity contribution in [3.8, 4) is 0 Å². The number of aliphatic hydroxyl groups excluding tert-OH is 6. The van der Waals surface area contributed by atoms with E-state index in [-0.39, 0.29) is 12.7 Å². The fraction of sp³-hybridized carbons (Fsp3) is 0.583. The zero-order valence-corrected chi connectivity index (χ0v) is 18.2. The van der Waals surface area contributed by atoms with Gasteiger partial charge in [0, 0.05) is 6.42 Å². The lowest BCUT2D eigenvalue weighted by Crippen LogP contribution is -2.58. The van der Waals surface area contributed by atoms with Crippen LogP contribution in [0.5, 0.6) is 0 Å². The first-order valence-electron chi connectivity index (χ1n) is 11.0. The van der Waals surface area contributed by atoms with Crippen LogP contribution in [0.1, 0.15) is 36.0 Å². The Kier molecular flexibility index (Phi) is 8.98. The summed E-state index contributed by atoms with van der Waals surface area (Å²) in [6.07, 6.45) is 1.94. The van der Waals surface area contributed by atoms with Gasteiger partial charge in [-0.3, -0.25) is 0 Å². The molecule has 8 unspecified atom stereocenters. The monoisotopic (exact) mass is 450 g/mol. The number of hydrogen-bond acceptors (Lipinski definition) is 8. The predicted molar refractivity (Wildman–Crippen MR) is 119 cm³/mol. The smallest absolute Gasteiger partial charge is 0.111 e. The van der Waals surface area contributed by atoms with Crippen LogP contribution in [0.15, 0.2) is 30.4 Å². The van der Waals surface area contributed by atoms with Gasteiger partial charge in [-0.15, -0.1) is 0 Å². The van der Waals surface area contributed by atoms with Crippen molar-refractivity contribution >= 4 is 12.2 Å². The summed E-state index contributed by atoms with van der Waals surface area (Å²) in [6, 6.07) is 6.01. The van der Waals surface area contributed by atoms with Crippen LogP contribution in [0, 0.1) is 6.92 Å². The first-order valence-corrected chi connectivity index (χ1v) is 11.0. The van der Waals surface area contributed by atoms with Crippen LogP contribution >= 0.6 is 0 Å². The summed E-state index contributed by atoms with van der Waals surface area (Å²) >= 11 is 0. The van der Waals surface area contributed by atoms with E-state index >= 15 is 0 Å². The first kappa shape index (κ1) is 25.0. The van der Waals surface area contributed by atoms with E-state index in [1.807, 2.05) is 49.4 Å². The van der Waals surface area contributed by atoms with E-state index in [9.17, 15) is 30.6 Å². The lowest BCUT2D eigenvalue weighted by molar-refractivity contribution is -0.227. The molecule has 3 rings (SSSR count). The van der Waals surface area contributed by atoms with Gasteiger partial charge in [-0.05, 0) is 36.5 Å². The van der Waals surface area contributed by atoms with E-state index in [1.54, 1.807) is 0 Å². The number of aryl methyl sites for hydroxylation is 1. The third-order valence-electron chi connectivity index (χ3n) is 6.11. The Hall–Kier alpha value is -1.62. The van der Waals surface area contributed by atoms with Crippen LogP contribution < -0.4 is 0 Å². The van der Waals surface area contributed by atoms with Gasteiger partial charge in [0.2, 0.25) is 0 Å². The van der Waals surface area contributed by atoms with Gasteiger partial charge in [0.05, 0.1) is 31.5 Å². The van der Waals surface area contributed by atoms with Gasteiger partial charge in [0.1, 0.15) is 30.5 Å². The van der Waals surface area contributed by atoms with Crippen LogP contribution in [-0.2, 0) is 9.47 Å². The zero-order valence-electron chi connectivity index (χ0n) is 18.2. The SMILES string of the molecule is Cc1cc(C=CCC2CC(O)C(O)CO2)ccc1C=CCC1OC(CO)C(O)C(O)C1O. The number of aliphatic hydroxyl groups is 6. The van der Waals surface area contributed by atoms with E-state index < -0.39 is 49.3 Å². The van der Waals surface area contributed by atoms with Crippen LogP contribution in [0.4, 0.5) is 0 Å². The van der Waals surface area contributed by atoms with Crippen molar-refractivity contribution in [2.24, 2.45) is 0 Å². The number of hydrogen-bond donors (Lipinski definition) is 6. The minimum atomic E-state index is -1.36. The molecule has 2 aliphatic rings. The Morgan fingerprint density at radius 3 is 2.31 bits per heavy atom. The van der Waals surface area contributed by atoms with Crippen LogP contribution in [-0.4, -0.2) is 92.7 Å². The molecule has 0 saturated carbocycles. The topological polar surface area (TPSA) is 140 Å². The molecular formula is C24H34O8. The van der Waals surface area contributed by atoms with Crippen molar-refractivity contribution in [1.82, 2.24) is 0 Å². The molecular weight excluding hydrogens is 416 g/mol. The molecule has 8 heteroatoms. The Morgan fingerprint density at radius 2 is 1.62 bits per heavy atom. The molecule has 8 nitrogen and oxygen atoms in total. The quantitative estimate of drug-likeness (QED) is 0.345. The normalized spacial score (nSPS) is 36.2. The number of rotatable bonds is 7. The third kappa shape index (κ3) is 6.24. The second kappa shape index (κ2) is 11.5. The third-order valence-corrected chi connectivity index (χ3v) is 6.11. The molecule has 0 aliphatic carbocycles. The van der Waals surface area contributed by atoms with Gasteiger partial charge >= 0.3 is 0 Å². The fourth-order valence-electron chi connectivity index (χ4n) is 4.05. The van der Waals surface area contributed by atoms with E-state index in [0.717, 1.165) is 16.7 Å². The molecule has 2 saturated heterocycles. The highest BCUT2D eigenvalue weighted by Crippen LogP contribution is 2.24. The average Bonchev–Trinajstić information content (AvgIpc) is 2.77. The molecule has 1 aromatic carbocycles. The molecule has 0 bridgehead atoms. The summed E-state index contributed by atoms with van der Waals surface area (Å²) in [5.74, 6) is 0. The lowest BCUT2D eigenvalue weighted by Gasteiger charge is -2.39. The van der Waals surface area contributed by atoms with Crippen LogP contribution in [0.3, 0.4) is 0 Å². The molecule has 2 fully saturated rings. The first-order chi connectivity index (χ1) is 15.3. The number of ether oxygens (including phenoxy) is 2. The van der Waals surface area contributed by atoms with E-state index in [1.165, 1.54) is 0 Å². The molecule has 32 heavy (non-hydrogen) atoms. The summed E-state index contributed by atoms with van der Waals surface area (Å²) in [5.41, 5.74) is 3.09. The second-order valence-electron chi connectivity index (χ2n) is 8.59. The van der Waals surface area contributed by atoms with Crippen molar-refractivity contribution in [3.63, 3.8) is 0 Å². The molecule has 8 atom stereocenters. The summed E-state index contributed by atoms with van der Waals surface area (Å²) in [7, 11) is 0. The summed E-state index contributed by atoms with van der Waals surface area (Å²) in [5, 5.41) is 58.4. The van der Waals surface area contributed by atoms with Crippen LogP contribution in [0.2, 0.25) is 0 Å². The Morgan fingerprint density at radius 1 is 0.906 bits per heavy atom. The highest BCUT2D eigenvalue weighted by atomic mass is 16.5. The largest absolute Gasteiger partial charge is 0.394 e. The molecule has 0 radical (unpaired) electrons. The molecule has 0 amide bonds. The molecule has 6 N–H and O–H groups in total. The minimum absolute atomic E-state index is 0.102. The molecule has 178 valence electrons. The molecule has 0 aromatic heterocycles. The van der Waals surface area contributed by atoms with E-state index in [2.05, 4.69) is 0 Å². The highest BCUT2D eigenvalue weighted by Gasteiger charge is 2.42. The van der Waals surface area contributed by atoms with Gasteiger partial charge in [0.25, 0.3) is 0 Å². The maximum atomic E-state index is 10.1. The molecule has 2 aliphatic heterocycles. The second-order valence-corrected chi connectivity index (χ2v) is 8.59. The lowest BCUT2D eigenvalue weighted by atomic mass is 9.93. The summed E-state index contributed by atoms with van der Waals surface area (Å²) in [4.78, 5) is 0. The highest BCUT2D eigenvalue weighted by molar-refractivity contribution is 5.59. The Balaban J connectivity index is 1.53. The number of benzene rings is 1. The van der Waals surface area contributed by atoms with Gasteiger partial charge in [-0.1, -0.05) is 42.5 Å². The van der Waals surface area contributed by atoms with E-state index in [0.29, 0.717) is 19.3 Å². The summed E-state index contributed by atoms with van der Waals surface area (Å²) < 4.78 is 11.0. The average molecular weight is 451 g/mol. The predicted octanol–water partition coefficient (Wildman–Crippen LogP) is 0.155. The van der Waals surface area contributed by atoms with E-state index in [4.69, 9.17) is 9.47 Å². The zero-order chi connectivity index (χ0) is 23.3. The van der Waals surface area contributed by atoms with Crippen molar-refractivity contribution in [2.75, 3.05) is 13.2 Å². The van der Waals surface area contributed by atoms with Crippen molar-refractivity contribution in [3.05, 3.63) is 47.0 Å². The van der Waals surface area contributed by atoms with Crippen molar-refractivity contribution < 1.29 is 40.1 Å². The minimum Gasteiger partial charge on any atom is -0.394 e. The standard InChI is InChI=1S/C24H34O8/c1-14-10-15(4-2-6-17-11-18(26)19(27)13-31-17)8-9-16(14)5-3-7-20-22(28)24(30)23(29)21(12-25)32-20/h2-5,8-10,17-30H,6-7,11-13H2,1H3. The van der Waals surface area contributed by atoms with Crippen molar-refractivity contribution in [1.29, 1.82) is 0 Å². The van der Waals surface area contributed by atoms with Gasteiger partial charge < -0.3 is 40.1 Å². The maximum Gasteiger partial charge on any atom is 0.111 e. The Labute approximate surface area is 188 Å². The van der Waals surface area contributed by atoms with Gasteiger partial charge in [-0.2, -0.15) is 0 Å². The van der Waals surface area contributed by atoms with Crippen molar-refractivity contribution in [2.45, 2.75) is 75.0 Å². The van der Waals surface area contributed by atoms with Crippen LogP contribution in [0.25, 0.3) is 12.2 Å². The summed E-state index contributed by atoms with van der Waals surface area (Å²) in [6.45, 7) is 1.71. The Bertz CT molecular complexity index is 792. The molecule has 2 heterocycles. The maximum absolute atomic E-state index is 10.1. The van der Waals surface area contributed by atoms with Gasteiger partial charge in [-0.25, -0.2) is 0 Å². The molecule has 1 aromatic rings. The molecule has 0 spiro atoms.